The van der Waals surface area contributed by atoms with Crippen molar-refractivity contribution in [1.29, 1.82) is 0 Å². The van der Waals surface area contributed by atoms with Crippen molar-refractivity contribution >= 4 is 21.8 Å². The second-order valence-electron chi connectivity index (χ2n) is 4.72. The lowest BCUT2D eigenvalue weighted by molar-refractivity contribution is 0.0615. The van der Waals surface area contributed by atoms with Crippen LogP contribution in [0.5, 0.6) is 0 Å². The van der Waals surface area contributed by atoms with Crippen LogP contribution in [0.25, 0.3) is 0 Å². The molecule has 0 bridgehead atoms. The quantitative estimate of drug-likeness (QED) is 0.863. The molecule has 1 aromatic carbocycles. The third-order valence-corrected chi connectivity index (χ3v) is 4.01. The Hall–Kier alpha value is -0.940. The molecule has 18 heavy (non-hydrogen) atoms. The lowest BCUT2D eigenvalue weighted by Gasteiger charge is -2.37. The van der Waals surface area contributed by atoms with Crippen molar-refractivity contribution in [3.8, 4) is 0 Å². The lowest BCUT2D eigenvalue weighted by atomic mass is 10.1. The average molecular weight is 315 g/mol. The molecule has 1 aromatic rings. The summed E-state index contributed by atoms with van der Waals surface area (Å²) < 4.78 is 13.7. The van der Waals surface area contributed by atoms with Gasteiger partial charge in [0.25, 0.3) is 5.91 Å². The molecule has 3 nitrogen and oxygen atoms in total. The van der Waals surface area contributed by atoms with Crippen LogP contribution < -0.4 is 5.32 Å². The summed E-state index contributed by atoms with van der Waals surface area (Å²) in [4.78, 5) is 14.2. The van der Waals surface area contributed by atoms with Gasteiger partial charge in [-0.25, -0.2) is 4.39 Å². The second-order valence-corrected chi connectivity index (χ2v) is 5.51. The van der Waals surface area contributed by atoms with Gasteiger partial charge in [-0.3, -0.25) is 4.79 Å². The number of carbonyl (C=O) groups excluding carboxylic acids is 1. The minimum atomic E-state index is -0.406. The zero-order chi connectivity index (χ0) is 13.3. The minimum Gasteiger partial charge on any atom is -0.333 e. The van der Waals surface area contributed by atoms with Gasteiger partial charge in [0.15, 0.2) is 0 Å². The summed E-state index contributed by atoms with van der Waals surface area (Å²) in [5.41, 5.74) is 0.385. The first-order valence-electron chi connectivity index (χ1n) is 5.99. The normalized spacial score (nSPS) is 24.1. The molecule has 0 aliphatic carbocycles. The van der Waals surface area contributed by atoms with Gasteiger partial charge in [0.1, 0.15) is 5.82 Å². The lowest BCUT2D eigenvalue weighted by Crippen LogP contribution is -2.56. The summed E-state index contributed by atoms with van der Waals surface area (Å²) in [5, 5.41) is 3.31. The molecule has 1 amide bonds. The number of hydrogen-bond acceptors (Lipinski definition) is 2. The van der Waals surface area contributed by atoms with E-state index in [2.05, 4.69) is 21.2 Å². The third kappa shape index (κ3) is 2.57. The Morgan fingerprint density at radius 3 is 2.94 bits per heavy atom. The Bertz CT molecular complexity index is 466. The van der Waals surface area contributed by atoms with E-state index in [1.165, 1.54) is 6.07 Å². The van der Waals surface area contributed by atoms with E-state index in [1.54, 1.807) is 17.0 Å². The van der Waals surface area contributed by atoms with Crippen molar-refractivity contribution < 1.29 is 9.18 Å². The molecule has 5 heteroatoms. The van der Waals surface area contributed by atoms with Gasteiger partial charge in [0, 0.05) is 25.2 Å². The van der Waals surface area contributed by atoms with E-state index in [0.29, 0.717) is 12.1 Å². The fraction of sp³-hybridized carbons (Fsp3) is 0.462. The Labute approximate surface area is 114 Å². The van der Waals surface area contributed by atoms with Crippen LogP contribution in [0.15, 0.2) is 22.7 Å². The molecular formula is C13H16BrFN2O. The van der Waals surface area contributed by atoms with E-state index >= 15 is 0 Å². The average Bonchev–Trinajstić information content (AvgIpc) is 2.35. The molecule has 1 saturated heterocycles. The molecule has 1 aliphatic rings. The van der Waals surface area contributed by atoms with Crippen LogP contribution in [0.3, 0.4) is 0 Å². The van der Waals surface area contributed by atoms with E-state index < -0.39 is 5.82 Å². The Kier molecular flexibility index (Phi) is 4.02. The van der Waals surface area contributed by atoms with Gasteiger partial charge < -0.3 is 10.2 Å². The summed E-state index contributed by atoms with van der Waals surface area (Å²) in [5.74, 6) is -0.529. The van der Waals surface area contributed by atoms with E-state index in [9.17, 15) is 9.18 Å². The van der Waals surface area contributed by atoms with Crippen molar-refractivity contribution in [3.05, 3.63) is 34.1 Å². The molecule has 2 unspecified atom stereocenters. The summed E-state index contributed by atoms with van der Waals surface area (Å²) in [6, 6.07) is 4.92. The van der Waals surface area contributed by atoms with Crippen LogP contribution in [0, 0.1) is 5.82 Å². The van der Waals surface area contributed by atoms with Gasteiger partial charge in [0.2, 0.25) is 0 Å². The first kappa shape index (κ1) is 13.5. The maximum absolute atomic E-state index is 13.5. The van der Waals surface area contributed by atoms with Gasteiger partial charge in [-0.05, 0) is 41.9 Å². The van der Waals surface area contributed by atoms with E-state index in [0.717, 1.165) is 6.54 Å². The highest BCUT2D eigenvalue weighted by Crippen LogP contribution is 2.23. The first-order valence-corrected chi connectivity index (χ1v) is 6.78. The van der Waals surface area contributed by atoms with Crippen LogP contribution in [-0.2, 0) is 0 Å². The molecule has 0 saturated carbocycles. The van der Waals surface area contributed by atoms with E-state index in [-0.39, 0.29) is 22.5 Å². The van der Waals surface area contributed by atoms with Gasteiger partial charge in [0.05, 0.1) is 10.0 Å². The van der Waals surface area contributed by atoms with Crippen LogP contribution >= 0.6 is 15.9 Å². The number of nitrogens with one attached hydrogen (secondary N) is 1. The van der Waals surface area contributed by atoms with Crippen molar-refractivity contribution in [2.75, 3.05) is 13.1 Å². The number of amides is 1. The number of rotatable bonds is 1. The maximum atomic E-state index is 13.5. The highest BCUT2D eigenvalue weighted by atomic mass is 79.9. The molecule has 0 aromatic heterocycles. The SMILES string of the molecule is CC1CN(C(=O)c2cccc(F)c2Br)C(C)CN1. The van der Waals surface area contributed by atoms with Crippen LogP contribution in [-0.4, -0.2) is 36.0 Å². The molecule has 1 fully saturated rings. The van der Waals surface area contributed by atoms with Gasteiger partial charge in [-0.15, -0.1) is 0 Å². The molecule has 2 rings (SSSR count). The summed E-state index contributed by atoms with van der Waals surface area (Å²) in [6.07, 6.45) is 0. The van der Waals surface area contributed by atoms with Crippen molar-refractivity contribution in [1.82, 2.24) is 10.2 Å². The van der Waals surface area contributed by atoms with Crippen molar-refractivity contribution in [2.24, 2.45) is 0 Å². The fourth-order valence-electron chi connectivity index (χ4n) is 2.13. The maximum Gasteiger partial charge on any atom is 0.255 e. The summed E-state index contributed by atoms with van der Waals surface area (Å²) >= 11 is 3.14. The highest BCUT2D eigenvalue weighted by Gasteiger charge is 2.28. The van der Waals surface area contributed by atoms with Crippen LogP contribution in [0.2, 0.25) is 0 Å². The van der Waals surface area contributed by atoms with E-state index in [4.69, 9.17) is 0 Å². The van der Waals surface area contributed by atoms with Gasteiger partial charge in [-0.2, -0.15) is 0 Å². The highest BCUT2D eigenvalue weighted by molar-refractivity contribution is 9.10. The minimum absolute atomic E-state index is 0.115. The number of nitrogens with zero attached hydrogens (tertiary/aromatic N) is 1. The number of benzene rings is 1. The molecule has 1 N–H and O–H groups in total. The second kappa shape index (κ2) is 5.36. The molecule has 0 radical (unpaired) electrons. The first-order chi connectivity index (χ1) is 8.50. The summed E-state index contributed by atoms with van der Waals surface area (Å²) in [6.45, 7) is 5.43. The number of hydrogen-bond donors (Lipinski definition) is 1. The Balaban J connectivity index is 2.27. The molecule has 1 aliphatic heterocycles. The topological polar surface area (TPSA) is 32.3 Å². The Morgan fingerprint density at radius 2 is 2.22 bits per heavy atom. The number of halogens is 2. The third-order valence-electron chi connectivity index (χ3n) is 3.21. The zero-order valence-electron chi connectivity index (χ0n) is 10.4. The van der Waals surface area contributed by atoms with E-state index in [1.807, 2.05) is 13.8 Å². The fourth-order valence-corrected chi connectivity index (χ4v) is 2.56. The molecule has 1 heterocycles. The summed E-state index contributed by atoms with van der Waals surface area (Å²) in [7, 11) is 0. The zero-order valence-corrected chi connectivity index (χ0v) is 12.0. The predicted molar refractivity (Wildman–Crippen MR) is 72.1 cm³/mol. The van der Waals surface area contributed by atoms with Gasteiger partial charge in [-0.1, -0.05) is 6.07 Å². The standard InChI is InChI=1S/C13H16BrFN2O/c1-8-7-17(9(2)6-16-8)13(18)10-4-3-5-11(15)12(10)14/h3-5,8-9,16H,6-7H2,1-2H3. The van der Waals surface area contributed by atoms with Crippen molar-refractivity contribution in [2.45, 2.75) is 25.9 Å². The Morgan fingerprint density at radius 1 is 1.50 bits per heavy atom. The van der Waals surface area contributed by atoms with Gasteiger partial charge >= 0.3 is 0 Å². The molecular weight excluding hydrogens is 299 g/mol. The van der Waals surface area contributed by atoms with Crippen LogP contribution in [0.4, 0.5) is 4.39 Å². The monoisotopic (exact) mass is 314 g/mol. The molecule has 2 atom stereocenters. The largest absolute Gasteiger partial charge is 0.333 e. The molecule has 0 spiro atoms. The molecule has 98 valence electrons. The smallest absolute Gasteiger partial charge is 0.255 e. The number of piperazine rings is 1. The van der Waals surface area contributed by atoms with Crippen LogP contribution in [0.1, 0.15) is 24.2 Å². The van der Waals surface area contributed by atoms with Crippen molar-refractivity contribution in [3.63, 3.8) is 0 Å². The number of carbonyl (C=O) groups is 1. The predicted octanol–water partition coefficient (Wildman–Crippen LogP) is 2.41.